The number of aromatic nitrogens is 2. The first-order chi connectivity index (χ1) is 35.2. The Balaban J connectivity index is 1.08. The maximum Gasteiger partial charge on any atom is 0.340 e. The van der Waals surface area contributed by atoms with Gasteiger partial charge in [0.05, 0.1) is 43.7 Å². The van der Waals surface area contributed by atoms with Crippen LogP contribution in [0.1, 0.15) is 60.9 Å². The van der Waals surface area contributed by atoms with E-state index in [1.54, 1.807) is 66.7 Å². The molecule has 72 heavy (non-hydrogen) atoms. The lowest BCUT2D eigenvalue weighted by Crippen LogP contribution is -2.60. The molecule has 368 valence electrons. The highest BCUT2D eigenvalue weighted by Crippen LogP contribution is 2.37. The van der Waals surface area contributed by atoms with Crippen molar-refractivity contribution in [2.75, 3.05) is 6.61 Å². The van der Waals surface area contributed by atoms with Gasteiger partial charge in [0.15, 0.2) is 24.7 Å². The molecule has 15 nitrogen and oxygen atoms in total. The molecule has 0 radical (unpaired) electrons. The minimum Gasteiger partial charge on any atom is -0.452 e. The molecule has 0 N–H and O–H groups in total. The zero-order chi connectivity index (χ0) is 49.8. The van der Waals surface area contributed by atoms with Gasteiger partial charge in [-0.1, -0.05) is 146 Å². The Hall–Kier alpha value is -7.63. The average molecular weight is 973 g/mol. The molecule has 7 aromatic rings. The van der Waals surface area contributed by atoms with Gasteiger partial charge in [-0.15, -0.1) is 0 Å². The SMILES string of the molecule is C[C@@H]1O[C@@H](OC[C@H]2O[C@@H](n3ccc(=O)n(C(=O)c4ccccc4)c3=O)[C@H](OC(=O)c3ccccc3)[C@@H]2OC(=O)c2ccccc2)[C@H](OCc2ccccc2)[C@H](OCc2ccccc2)[C@H]1OCc1ccccc1. The first kappa shape index (κ1) is 49.4. The van der Waals surface area contributed by atoms with Crippen LogP contribution in [0.15, 0.2) is 204 Å². The number of carbonyl (C=O) groups is 3. The normalized spacial score (nSPS) is 22.7. The van der Waals surface area contributed by atoms with Gasteiger partial charge < -0.3 is 37.9 Å². The van der Waals surface area contributed by atoms with Crippen molar-refractivity contribution in [3.8, 4) is 0 Å². The molecular weight excluding hydrogens is 921 g/mol. The van der Waals surface area contributed by atoms with E-state index in [9.17, 15) is 24.0 Å². The van der Waals surface area contributed by atoms with Gasteiger partial charge >= 0.3 is 17.6 Å². The number of esters is 2. The van der Waals surface area contributed by atoms with Gasteiger partial charge in [-0.3, -0.25) is 14.2 Å². The minimum atomic E-state index is -1.59. The fraction of sp³-hybridized carbons (Fsp3) is 0.246. The van der Waals surface area contributed by atoms with Gasteiger partial charge in [0.2, 0.25) is 0 Å². The molecule has 9 rings (SSSR count). The third-order valence-electron chi connectivity index (χ3n) is 12.3. The summed E-state index contributed by atoms with van der Waals surface area (Å²) in [5, 5.41) is 0. The van der Waals surface area contributed by atoms with Crippen LogP contribution >= 0.6 is 0 Å². The lowest BCUT2D eigenvalue weighted by molar-refractivity contribution is -0.324. The summed E-state index contributed by atoms with van der Waals surface area (Å²) >= 11 is 0. The molecule has 2 aliphatic heterocycles. The maximum absolute atomic E-state index is 14.5. The number of hydrogen-bond donors (Lipinski definition) is 0. The van der Waals surface area contributed by atoms with Crippen LogP contribution in [0.2, 0.25) is 0 Å². The summed E-state index contributed by atoms with van der Waals surface area (Å²) in [4.78, 5) is 69.7. The van der Waals surface area contributed by atoms with Gasteiger partial charge in [-0.25, -0.2) is 14.4 Å². The molecule has 2 saturated heterocycles. The molecule has 2 aliphatic rings. The van der Waals surface area contributed by atoms with Crippen LogP contribution in [0.5, 0.6) is 0 Å². The molecule has 15 heteroatoms. The predicted octanol–water partition coefficient (Wildman–Crippen LogP) is 7.56. The van der Waals surface area contributed by atoms with E-state index in [0.29, 0.717) is 4.57 Å². The van der Waals surface area contributed by atoms with Crippen LogP contribution in [-0.2, 0) is 57.7 Å². The van der Waals surface area contributed by atoms with Crippen molar-refractivity contribution in [2.45, 2.75) is 82.0 Å². The molecule has 2 fully saturated rings. The number of hydrogen-bond acceptors (Lipinski definition) is 13. The molecule has 6 aromatic carbocycles. The molecule has 0 spiro atoms. The summed E-state index contributed by atoms with van der Waals surface area (Å²) in [6, 6.07) is 54.1. The molecule has 0 amide bonds. The van der Waals surface area contributed by atoms with Crippen LogP contribution < -0.4 is 11.2 Å². The topological polar surface area (TPSA) is 169 Å². The number of carbonyl (C=O) groups excluding carboxylic acids is 3. The molecule has 0 saturated carbocycles. The second-order valence-electron chi connectivity index (χ2n) is 17.2. The molecule has 0 unspecified atom stereocenters. The Morgan fingerprint density at radius 3 is 1.40 bits per heavy atom. The van der Waals surface area contributed by atoms with Gasteiger partial charge in [-0.2, -0.15) is 4.57 Å². The molecule has 0 aliphatic carbocycles. The van der Waals surface area contributed by atoms with Crippen molar-refractivity contribution in [3.05, 3.63) is 248 Å². The van der Waals surface area contributed by atoms with Crippen LogP contribution in [0.3, 0.4) is 0 Å². The fourth-order valence-electron chi connectivity index (χ4n) is 8.64. The second-order valence-corrected chi connectivity index (χ2v) is 17.2. The van der Waals surface area contributed by atoms with E-state index in [2.05, 4.69) is 0 Å². The van der Waals surface area contributed by atoms with Crippen LogP contribution in [0.4, 0.5) is 0 Å². The molecule has 0 bridgehead atoms. The van der Waals surface area contributed by atoms with Gasteiger partial charge in [-0.05, 0) is 60.0 Å². The van der Waals surface area contributed by atoms with Crippen molar-refractivity contribution < 1.29 is 52.3 Å². The zero-order valence-electron chi connectivity index (χ0n) is 39.2. The van der Waals surface area contributed by atoms with Crippen LogP contribution in [0.25, 0.3) is 0 Å². The van der Waals surface area contributed by atoms with E-state index in [0.717, 1.165) is 33.5 Å². The summed E-state index contributed by atoms with van der Waals surface area (Å²) in [5.41, 5.74) is 1.10. The number of benzene rings is 6. The molecular formula is C57H52N2O13. The third-order valence-corrected chi connectivity index (χ3v) is 12.3. The summed E-state index contributed by atoms with van der Waals surface area (Å²) in [7, 11) is 0. The van der Waals surface area contributed by atoms with Crippen molar-refractivity contribution >= 4 is 17.8 Å². The summed E-state index contributed by atoms with van der Waals surface area (Å²) < 4.78 is 53.9. The Labute approximate surface area is 415 Å². The number of rotatable bonds is 18. The van der Waals surface area contributed by atoms with E-state index in [1.807, 2.05) is 97.9 Å². The first-order valence-electron chi connectivity index (χ1n) is 23.6. The predicted molar refractivity (Wildman–Crippen MR) is 262 cm³/mol. The lowest BCUT2D eigenvalue weighted by Gasteiger charge is -2.45. The largest absolute Gasteiger partial charge is 0.452 e. The highest BCUT2D eigenvalue weighted by atomic mass is 16.7. The number of ether oxygens (including phenoxy) is 8. The average Bonchev–Trinajstić information content (AvgIpc) is 3.75. The first-order valence-corrected chi connectivity index (χ1v) is 23.6. The highest BCUT2D eigenvalue weighted by Gasteiger charge is 2.53. The van der Waals surface area contributed by atoms with Crippen molar-refractivity contribution in [1.82, 2.24) is 9.13 Å². The third kappa shape index (κ3) is 11.8. The highest BCUT2D eigenvalue weighted by molar-refractivity contribution is 5.95. The molecule has 9 atom stereocenters. The Bertz CT molecular complexity index is 3000. The zero-order valence-corrected chi connectivity index (χ0v) is 39.2. The summed E-state index contributed by atoms with van der Waals surface area (Å²) in [6.45, 7) is 2.03. The van der Waals surface area contributed by atoms with Crippen molar-refractivity contribution in [2.24, 2.45) is 0 Å². The molecule has 1 aromatic heterocycles. The van der Waals surface area contributed by atoms with E-state index in [1.165, 1.54) is 24.3 Å². The Morgan fingerprint density at radius 2 is 0.903 bits per heavy atom. The van der Waals surface area contributed by atoms with Crippen LogP contribution in [-0.4, -0.2) is 82.6 Å². The van der Waals surface area contributed by atoms with E-state index < -0.39 is 90.9 Å². The maximum atomic E-state index is 14.5. The lowest BCUT2D eigenvalue weighted by atomic mass is 9.98. The van der Waals surface area contributed by atoms with E-state index in [4.69, 9.17) is 37.9 Å². The van der Waals surface area contributed by atoms with E-state index >= 15 is 0 Å². The minimum absolute atomic E-state index is 0.0688. The quantitative estimate of drug-likeness (QED) is 0.0773. The van der Waals surface area contributed by atoms with Gasteiger partial charge in [0.25, 0.3) is 11.5 Å². The van der Waals surface area contributed by atoms with Crippen LogP contribution in [0, 0.1) is 0 Å². The standard InChI is InChI=1S/C57H52N2O13/c1-38-47(65-34-39-20-8-2-9-21-39)49(66-35-40-22-10-3-11-23-40)51(67-36-41-24-12-4-13-25-41)56(69-38)68-37-45-48(71-54(62)43-28-16-6-17-29-43)50(72-55(63)44-30-18-7-19-31-44)53(70-45)58-33-32-46(60)59(57(58)64)52(61)42-26-14-5-15-27-42/h2-33,38,45,47-51,53,56H,34-37H2,1H3/t38-,45+,47-,48+,49+,50+,51+,53+,56+/m0/s1. The number of nitrogens with zero attached hydrogens (tertiary/aromatic N) is 2. The van der Waals surface area contributed by atoms with Crippen molar-refractivity contribution in [3.63, 3.8) is 0 Å². The van der Waals surface area contributed by atoms with Gasteiger partial charge in [0.1, 0.15) is 24.4 Å². The van der Waals surface area contributed by atoms with Gasteiger partial charge in [0, 0.05) is 17.8 Å². The summed E-state index contributed by atoms with van der Waals surface area (Å²) in [6.07, 6.45) is -8.98. The Kier molecular flexibility index (Phi) is 16.1. The fourth-order valence-corrected chi connectivity index (χ4v) is 8.64. The van der Waals surface area contributed by atoms with E-state index in [-0.39, 0.29) is 36.5 Å². The van der Waals surface area contributed by atoms with Crippen molar-refractivity contribution in [1.29, 1.82) is 0 Å². The molecule has 3 heterocycles. The second kappa shape index (κ2) is 23.5. The monoisotopic (exact) mass is 972 g/mol. The Morgan fingerprint density at radius 1 is 0.472 bits per heavy atom. The smallest absolute Gasteiger partial charge is 0.340 e. The summed E-state index contributed by atoms with van der Waals surface area (Å²) in [5.74, 6) is -2.54.